The van der Waals surface area contributed by atoms with Gasteiger partial charge in [0.1, 0.15) is 5.75 Å². The summed E-state index contributed by atoms with van der Waals surface area (Å²) in [5.74, 6) is 0.368. The molecule has 0 N–H and O–H groups in total. The van der Waals surface area contributed by atoms with Crippen LogP contribution in [0.25, 0.3) is 0 Å². The van der Waals surface area contributed by atoms with Crippen LogP contribution in [0.1, 0.15) is 12.0 Å². The highest BCUT2D eigenvalue weighted by molar-refractivity contribution is 7.91. The van der Waals surface area contributed by atoms with Crippen molar-refractivity contribution in [3.8, 4) is 5.75 Å². The molecule has 0 saturated carbocycles. The number of sulfone groups is 1. The van der Waals surface area contributed by atoms with Crippen LogP contribution in [0.2, 0.25) is 5.02 Å². The molecule has 1 aliphatic rings. The van der Waals surface area contributed by atoms with E-state index in [2.05, 4.69) is 0 Å². The number of nitrogens with zero attached hydrogens (tertiary/aromatic N) is 1. The van der Waals surface area contributed by atoms with Gasteiger partial charge in [0.2, 0.25) is 0 Å². The highest BCUT2D eigenvalue weighted by Crippen LogP contribution is 2.25. The first-order valence-corrected chi connectivity index (χ1v) is 8.83. The Kier molecular flexibility index (Phi) is 4.78. The van der Waals surface area contributed by atoms with Gasteiger partial charge in [-0.15, -0.1) is 0 Å². The van der Waals surface area contributed by atoms with E-state index in [4.69, 9.17) is 16.3 Å². The van der Waals surface area contributed by atoms with Gasteiger partial charge in [-0.25, -0.2) is 8.42 Å². The van der Waals surface area contributed by atoms with Crippen molar-refractivity contribution in [2.75, 3.05) is 25.2 Å². The van der Waals surface area contributed by atoms with Gasteiger partial charge in [-0.05, 0) is 31.0 Å². The van der Waals surface area contributed by atoms with Crippen molar-refractivity contribution in [3.63, 3.8) is 0 Å². The second-order valence-electron chi connectivity index (χ2n) is 5.28. The molecule has 1 fully saturated rings. The van der Waals surface area contributed by atoms with Crippen LogP contribution in [-0.4, -0.2) is 50.4 Å². The van der Waals surface area contributed by atoms with Crippen LogP contribution in [0.5, 0.6) is 5.75 Å². The maximum atomic E-state index is 12.1. The molecular formula is C14H18ClNO4S. The van der Waals surface area contributed by atoms with E-state index in [-0.39, 0.29) is 30.1 Å². The molecule has 1 aromatic rings. The lowest BCUT2D eigenvalue weighted by molar-refractivity contribution is -0.133. The number of likely N-dealkylation sites (N-methyl/N-ethyl adjacent to an activating group) is 1. The molecule has 0 spiro atoms. The Hall–Kier alpha value is -1.27. The van der Waals surface area contributed by atoms with Gasteiger partial charge in [-0.2, -0.15) is 0 Å². The van der Waals surface area contributed by atoms with Gasteiger partial charge in [-0.1, -0.05) is 17.7 Å². The van der Waals surface area contributed by atoms with E-state index >= 15 is 0 Å². The Morgan fingerprint density at radius 3 is 2.81 bits per heavy atom. The fourth-order valence-corrected chi connectivity index (χ4v) is 4.19. The average Bonchev–Trinajstić information content (AvgIpc) is 2.79. The fraction of sp³-hybridized carbons (Fsp3) is 0.500. The van der Waals surface area contributed by atoms with Gasteiger partial charge in [0, 0.05) is 13.1 Å². The molecule has 0 bridgehead atoms. The van der Waals surface area contributed by atoms with Gasteiger partial charge >= 0.3 is 0 Å². The molecule has 7 heteroatoms. The van der Waals surface area contributed by atoms with Crippen LogP contribution in [0.4, 0.5) is 0 Å². The van der Waals surface area contributed by atoms with E-state index in [1.54, 1.807) is 19.2 Å². The lowest BCUT2D eigenvalue weighted by Gasteiger charge is -2.23. The minimum atomic E-state index is -3.01. The first-order chi connectivity index (χ1) is 9.78. The van der Waals surface area contributed by atoms with E-state index in [1.807, 2.05) is 13.0 Å². The van der Waals surface area contributed by atoms with E-state index in [0.717, 1.165) is 5.56 Å². The van der Waals surface area contributed by atoms with E-state index < -0.39 is 9.84 Å². The normalized spacial score (nSPS) is 20.2. The number of amides is 1. The summed E-state index contributed by atoms with van der Waals surface area (Å²) in [4.78, 5) is 13.5. The van der Waals surface area contributed by atoms with Crippen LogP contribution in [0.15, 0.2) is 18.2 Å². The zero-order valence-corrected chi connectivity index (χ0v) is 13.6. The van der Waals surface area contributed by atoms with E-state index in [9.17, 15) is 13.2 Å². The third-order valence-corrected chi connectivity index (χ3v) is 5.65. The van der Waals surface area contributed by atoms with Crippen LogP contribution in [0.3, 0.4) is 0 Å². The molecule has 0 aliphatic carbocycles. The molecule has 2 rings (SSSR count). The van der Waals surface area contributed by atoms with Gasteiger partial charge < -0.3 is 9.64 Å². The number of carbonyl (C=O) groups is 1. The largest absolute Gasteiger partial charge is 0.482 e. The molecule has 21 heavy (non-hydrogen) atoms. The van der Waals surface area contributed by atoms with Gasteiger partial charge in [0.25, 0.3) is 5.91 Å². The average molecular weight is 332 g/mol. The molecule has 1 unspecified atom stereocenters. The van der Waals surface area contributed by atoms with Crippen LogP contribution >= 0.6 is 11.6 Å². The predicted octanol–water partition coefficient (Wildman–Crippen LogP) is 1.67. The molecule has 0 aromatic heterocycles. The zero-order chi connectivity index (χ0) is 15.6. The number of rotatable bonds is 4. The smallest absolute Gasteiger partial charge is 0.260 e. The number of carbonyl (C=O) groups excluding carboxylic acids is 1. The molecule has 1 aromatic carbocycles. The Bertz CT molecular complexity index is 644. The Labute approximate surface area is 129 Å². The number of halogens is 1. The van der Waals surface area contributed by atoms with Crippen molar-refractivity contribution in [1.29, 1.82) is 0 Å². The van der Waals surface area contributed by atoms with Crippen molar-refractivity contribution >= 4 is 27.3 Å². The number of hydrogen-bond donors (Lipinski definition) is 0. The van der Waals surface area contributed by atoms with E-state index in [0.29, 0.717) is 17.2 Å². The third-order valence-electron chi connectivity index (χ3n) is 3.59. The number of aryl methyl sites for hydroxylation is 1. The first kappa shape index (κ1) is 16.1. The minimum Gasteiger partial charge on any atom is -0.482 e. The fourth-order valence-electron chi connectivity index (χ4n) is 2.25. The molecule has 1 heterocycles. The lowest BCUT2D eigenvalue weighted by atomic mass is 10.2. The summed E-state index contributed by atoms with van der Waals surface area (Å²) in [6.45, 7) is 1.75. The molecule has 1 saturated heterocycles. The standard InChI is InChI=1S/C14H18ClNO4S/c1-10-3-4-12(15)13(7-10)20-8-14(17)16(2)11-5-6-21(18,19)9-11/h3-4,7,11H,5-6,8-9H2,1-2H3. The Balaban J connectivity index is 1.94. The van der Waals surface area contributed by atoms with Crippen molar-refractivity contribution in [2.45, 2.75) is 19.4 Å². The highest BCUT2D eigenvalue weighted by atomic mass is 35.5. The van der Waals surface area contributed by atoms with Crippen molar-refractivity contribution in [2.24, 2.45) is 0 Å². The maximum absolute atomic E-state index is 12.1. The molecule has 1 aliphatic heterocycles. The summed E-state index contributed by atoms with van der Waals surface area (Å²) in [5.41, 5.74) is 0.983. The van der Waals surface area contributed by atoms with E-state index in [1.165, 1.54) is 4.90 Å². The first-order valence-electron chi connectivity index (χ1n) is 6.63. The Morgan fingerprint density at radius 2 is 2.19 bits per heavy atom. The highest BCUT2D eigenvalue weighted by Gasteiger charge is 2.32. The molecular weight excluding hydrogens is 314 g/mol. The molecule has 1 amide bonds. The second kappa shape index (κ2) is 6.23. The van der Waals surface area contributed by atoms with Gasteiger partial charge in [0.05, 0.1) is 16.5 Å². The molecule has 116 valence electrons. The molecule has 0 radical (unpaired) electrons. The quantitative estimate of drug-likeness (QED) is 0.842. The monoisotopic (exact) mass is 331 g/mol. The van der Waals surface area contributed by atoms with Crippen molar-refractivity contribution in [3.05, 3.63) is 28.8 Å². The summed E-state index contributed by atoms with van der Waals surface area (Å²) < 4.78 is 28.3. The lowest BCUT2D eigenvalue weighted by Crippen LogP contribution is -2.40. The summed E-state index contributed by atoms with van der Waals surface area (Å²) in [6.07, 6.45) is 0.482. The number of benzene rings is 1. The van der Waals surface area contributed by atoms with Gasteiger partial charge in [0.15, 0.2) is 16.4 Å². The third kappa shape index (κ3) is 4.11. The maximum Gasteiger partial charge on any atom is 0.260 e. The minimum absolute atomic E-state index is 0.0282. The van der Waals surface area contributed by atoms with Crippen molar-refractivity contribution < 1.29 is 17.9 Å². The molecule has 1 atom stereocenters. The summed E-state index contributed by atoms with van der Waals surface area (Å²) in [6, 6.07) is 5.06. The Morgan fingerprint density at radius 1 is 1.48 bits per heavy atom. The van der Waals surface area contributed by atoms with Gasteiger partial charge in [-0.3, -0.25) is 4.79 Å². The number of hydrogen-bond acceptors (Lipinski definition) is 4. The van der Waals surface area contributed by atoms with Crippen LogP contribution in [0, 0.1) is 6.92 Å². The van der Waals surface area contributed by atoms with Crippen molar-refractivity contribution in [1.82, 2.24) is 4.90 Å². The summed E-state index contributed by atoms with van der Waals surface area (Å²) in [7, 11) is -1.40. The zero-order valence-electron chi connectivity index (χ0n) is 12.0. The van der Waals surface area contributed by atoms with Crippen LogP contribution < -0.4 is 4.74 Å². The second-order valence-corrected chi connectivity index (χ2v) is 7.92. The predicted molar refractivity (Wildman–Crippen MR) is 81.5 cm³/mol. The topological polar surface area (TPSA) is 63.7 Å². The number of ether oxygens (including phenoxy) is 1. The SMILES string of the molecule is Cc1ccc(Cl)c(OCC(=O)N(C)C2CCS(=O)(=O)C2)c1. The van der Waals surface area contributed by atoms with Crippen LogP contribution in [-0.2, 0) is 14.6 Å². The summed E-state index contributed by atoms with van der Waals surface area (Å²) in [5, 5.41) is 0.444. The molecule has 5 nitrogen and oxygen atoms in total. The summed E-state index contributed by atoms with van der Waals surface area (Å²) >= 11 is 5.99.